The van der Waals surface area contributed by atoms with Crippen molar-refractivity contribution in [1.29, 1.82) is 0 Å². The maximum absolute atomic E-state index is 12.4. The highest BCUT2D eigenvalue weighted by Gasteiger charge is 2.40. The minimum absolute atomic E-state index is 0.110. The number of ether oxygens (including phenoxy) is 1. The van der Waals surface area contributed by atoms with Gasteiger partial charge in [-0.15, -0.1) is 0 Å². The Morgan fingerprint density at radius 1 is 1.25 bits per heavy atom. The zero-order chi connectivity index (χ0) is 17.0. The van der Waals surface area contributed by atoms with Crippen LogP contribution in [0.1, 0.15) is 63.5 Å². The number of carbonyl (C=O) groups is 1. The summed E-state index contributed by atoms with van der Waals surface area (Å²) in [6, 6.07) is 8.60. The molecule has 130 valence electrons. The van der Waals surface area contributed by atoms with Crippen LogP contribution in [0.15, 0.2) is 29.8 Å². The quantitative estimate of drug-likeness (QED) is 0.760. The number of carbonyl (C=O) groups excluding carboxylic acids is 1. The second-order valence-corrected chi connectivity index (χ2v) is 7.21. The van der Waals surface area contributed by atoms with Crippen LogP contribution in [0.25, 0.3) is 5.57 Å². The predicted octanol–water partition coefficient (Wildman–Crippen LogP) is 4.26. The van der Waals surface area contributed by atoms with Gasteiger partial charge >= 0.3 is 0 Å². The predicted molar refractivity (Wildman–Crippen MR) is 97.8 cm³/mol. The minimum atomic E-state index is -0.458. The van der Waals surface area contributed by atoms with Crippen LogP contribution in [0.2, 0.25) is 0 Å². The highest BCUT2D eigenvalue weighted by molar-refractivity contribution is 5.82. The molecule has 1 aliphatic heterocycles. The van der Waals surface area contributed by atoms with Crippen LogP contribution in [-0.2, 0) is 16.0 Å². The molecule has 3 nitrogen and oxygen atoms in total. The number of benzene rings is 1. The van der Waals surface area contributed by atoms with E-state index in [-0.39, 0.29) is 5.91 Å². The summed E-state index contributed by atoms with van der Waals surface area (Å²) in [6.45, 7) is 5.77. The Morgan fingerprint density at radius 3 is 2.92 bits per heavy atom. The van der Waals surface area contributed by atoms with Crippen LogP contribution in [-0.4, -0.2) is 24.7 Å². The molecule has 0 fully saturated rings. The monoisotopic (exact) mass is 327 g/mol. The number of fused-ring (bicyclic) bond motifs is 2. The van der Waals surface area contributed by atoms with Gasteiger partial charge in [0.15, 0.2) is 0 Å². The van der Waals surface area contributed by atoms with E-state index in [4.69, 9.17) is 4.74 Å². The summed E-state index contributed by atoms with van der Waals surface area (Å²) in [5.41, 5.74) is 5.01. The molecule has 0 aromatic heterocycles. The molecule has 1 aliphatic carbocycles. The molecule has 0 saturated heterocycles. The molecule has 1 atom stereocenters. The number of rotatable bonds is 7. The molecule has 1 unspecified atom stereocenters. The zero-order valence-electron chi connectivity index (χ0n) is 15.0. The van der Waals surface area contributed by atoms with Crippen LogP contribution in [0.5, 0.6) is 0 Å². The lowest BCUT2D eigenvalue weighted by Gasteiger charge is -2.36. The lowest BCUT2D eigenvalue weighted by atomic mass is 9.85. The Kier molecular flexibility index (Phi) is 5.40. The number of nitrogens with one attached hydrogen (secondary N) is 1. The summed E-state index contributed by atoms with van der Waals surface area (Å²) in [5, 5.41) is 3.07. The summed E-state index contributed by atoms with van der Waals surface area (Å²) in [6.07, 6.45) is 7.02. The fourth-order valence-electron chi connectivity index (χ4n) is 3.99. The molecule has 24 heavy (non-hydrogen) atoms. The second-order valence-electron chi connectivity index (χ2n) is 7.21. The van der Waals surface area contributed by atoms with E-state index >= 15 is 0 Å². The molecule has 0 spiro atoms. The van der Waals surface area contributed by atoms with Crippen LogP contribution in [0, 0.1) is 0 Å². The van der Waals surface area contributed by atoms with E-state index in [0.29, 0.717) is 13.0 Å². The summed E-state index contributed by atoms with van der Waals surface area (Å²) in [7, 11) is 0. The Balaban J connectivity index is 1.63. The lowest BCUT2D eigenvalue weighted by Crippen LogP contribution is -2.41. The van der Waals surface area contributed by atoms with Crippen molar-refractivity contribution in [2.24, 2.45) is 0 Å². The van der Waals surface area contributed by atoms with Crippen LogP contribution in [0.4, 0.5) is 0 Å². The first-order valence-electron chi connectivity index (χ1n) is 9.35. The van der Waals surface area contributed by atoms with E-state index in [9.17, 15) is 4.79 Å². The maximum atomic E-state index is 12.4. The standard InChI is InChI=1S/C21H29NO2/c1-3-4-5-8-12-22-20(23)15-21(2)19-14-16-9-6-7-10-17(16)18(19)11-13-24-21/h6-7,9-10H,3-5,8,11-15H2,1-2H3,(H,22,23). The molecule has 3 heteroatoms. The third-order valence-electron chi connectivity index (χ3n) is 5.34. The van der Waals surface area contributed by atoms with E-state index in [1.807, 2.05) is 0 Å². The van der Waals surface area contributed by atoms with Gasteiger partial charge in [-0.3, -0.25) is 4.79 Å². The van der Waals surface area contributed by atoms with E-state index < -0.39 is 5.60 Å². The molecule has 3 rings (SSSR count). The SMILES string of the molecule is CCCCCCNC(=O)CC1(C)OCCC2=C1Cc1ccccc12. The normalized spacial score (nSPS) is 22.2. The number of hydrogen-bond donors (Lipinski definition) is 1. The van der Waals surface area contributed by atoms with Gasteiger partial charge < -0.3 is 10.1 Å². The molecule has 0 saturated carbocycles. The van der Waals surface area contributed by atoms with Gasteiger partial charge in [0.2, 0.25) is 5.91 Å². The van der Waals surface area contributed by atoms with Crippen molar-refractivity contribution in [3.8, 4) is 0 Å². The van der Waals surface area contributed by atoms with E-state index in [1.54, 1.807) is 0 Å². The van der Waals surface area contributed by atoms with Gasteiger partial charge in [-0.25, -0.2) is 0 Å². The van der Waals surface area contributed by atoms with Gasteiger partial charge in [-0.1, -0.05) is 50.5 Å². The smallest absolute Gasteiger partial charge is 0.223 e. The van der Waals surface area contributed by atoms with Gasteiger partial charge in [-0.2, -0.15) is 0 Å². The van der Waals surface area contributed by atoms with Crippen LogP contribution < -0.4 is 5.32 Å². The first-order valence-corrected chi connectivity index (χ1v) is 9.35. The molecule has 1 aromatic carbocycles. The molecule has 0 bridgehead atoms. The largest absolute Gasteiger partial charge is 0.370 e. The van der Waals surface area contributed by atoms with E-state index in [0.717, 1.165) is 25.8 Å². The molecule has 1 aromatic rings. The Hall–Kier alpha value is -1.61. The second kappa shape index (κ2) is 7.52. The highest BCUT2D eigenvalue weighted by atomic mass is 16.5. The van der Waals surface area contributed by atoms with Gasteiger partial charge in [0.1, 0.15) is 0 Å². The van der Waals surface area contributed by atoms with Gasteiger partial charge in [0, 0.05) is 6.54 Å². The number of hydrogen-bond acceptors (Lipinski definition) is 2. The van der Waals surface area contributed by atoms with Crippen LogP contribution >= 0.6 is 0 Å². The Bertz CT molecular complexity index is 634. The summed E-state index contributed by atoms with van der Waals surface area (Å²) in [4.78, 5) is 12.4. The van der Waals surface area contributed by atoms with Gasteiger partial charge in [-0.05, 0) is 48.5 Å². The van der Waals surface area contributed by atoms with Crippen molar-refractivity contribution in [2.45, 2.75) is 64.4 Å². The fourth-order valence-corrected chi connectivity index (χ4v) is 3.99. The molecule has 0 radical (unpaired) electrons. The molecular weight excluding hydrogens is 298 g/mol. The summed E-state index contributed by atoms with van der Waals surface area (Å²) in [5.74, 6) is 0.110. The van der Waals surface area contributed by atoms with Crippen molar-refractivity contribution >= 4 is 11.5 Å². The van der Waals surface area contributed by atoms with E-state index in [1.165, 1.54) is 41.5 Å². The average Bonchev–Trinajstić information content (AvgIpc) is 2.95. The third-order valence-corrected chi connectivity index (χ3v) is 5.34. The Labute approximate surface area is 145 Å². The van der Waals surface area contributed by atoms with Gasteiger partial charge in [0.25, 0.3) is 0 Å². The third kappa shape index (κ3) is 3.56. The van der Waals surface area contributed by atoms with Crippen molar-refractivity contribution < 1.29 is 9.53 Å². The Morgan fingerprint density at radius 2 is 2.08 bits per heavy atom. The molecule has 1 amide bonds. The fraction of sp³-hybridized carbons (Fsp3) is 0.571. The minimum Gasteiger partial charge on any atom is -0.370 e. The van der Waals surface area contributed by atoms with E-state index in [2.05, 4.69) is 43.4 Å². The maximum Gasteiger partial charge on any atom is 0.223 e. The zero-order valence-corrected chi connectivity index (χ0v) is 15.0. The molecular formula is C21H29NO2. The first kappa shape index (κ1) is 17.2. The summed E-state index contributed by atoms with van der Waals surface area (Å²) >= 11 is 0. The van der Waals surface area contributed by atoms with Crippen molar-refractivity contribution in [1.82, 2.24) is 5.32 Å². The lowest BCUT2D eigenvalue weighted by molar-refractivity contribution is -0.126. The number of unbranched alkanes of at least 4 members (excludes halogenated alkanes) is 3. The first-order chi connectivity index (χ1) is 11.6. The molecule has 1 heterocycles. The van der Waals surface area contributed by atoms with Crippen molar-refractivity contribution in [2.75, 3.05) is 13.2 Å². The number of amides is 1. The van der Waals surface area contributed by atoms with Crippen molar-refractivity contribution in [3.05, 3.63) is 41.0 Å². The average molecular weight is 327 g/mol. The van der Waals surface area contributed by atoms with Crippen molar-refractivity contribution in [3.63, 3.8) is 0 Å². The van der Waals surface area contributed by atoms with Crippen LogP contribution in [0.3, 0.4) is 0 Å². The molecule has 1 N–H and O–H groups in total. The highest BCUT2D eigenvalue weighted by Crippen LogP contribution is 2.45. The van der Waals surface area contributed by atoms with Gasteiger partial charge in [0.05, 0.1) is 18.6 Å². The summed E-state index contributed by atoms with van der Waals surface area (Å²) < 4.78 is 6.11. The molecule has 2 aliphatic rings. The topological polar surface area (TPSA) is 38.3 Å².